The van der Waals surface area contributed by atoms with Crippen LogP contribution in [-0.2, 0) is 0 Å². The first-order chi connectivity index (χ1) is 18.2. The van der Waals surface area contributed by atoms with Crippen molar-refractivity contribution in [1.29, 1.82) is 0 Å². The van der Waals surface area contributed by atoms with Crippen LogP contribution in [0.25, 0.3) is 0 Å². The average molecular weight is 509 g/mol. The molecule has 0 aromatic rings. The van der Waals surface area contributed by atoms with Crippen molar-refractivity contribution >= 4 is 0 Å². The quantitative estimate of drug-likeness (QED) is 0.261. The number of nitrogens with zero attached hydrogens (tertiary/aromatic N) is 2. The van der Waals surface area contributed by atoms with Gasteiger partial charge in [0.1, 0.15) is 5.54 Å². The Labute approximate surface area is 228 Å². The zero-order valence-corrected chi connectivity index (χ0v) is 23.9. The van der Waals surface area contributed by atoms with Gasteiger partial charge in [0.05, 0.1) is 19.6 Å². The van der Waals surface area contributed by atoms with E-state index in [1.165, 1.54) is 155 Å². The molecule has 5 fully saturated rings. The molecule has 0 aromatic heterocycles. The summed E-state index contributed by atoms with van der Waals surface area (Å²) in [6, 6.07) is 0. The van der Waals surface area contributed by atoms with Crippen molar-refractivity contribution in [2.45, 2.75) is 134 Å². The number of hydrogen-bond donors (Lipinski definition) is 0. The topological polar surface area (TPSA) is 26.3 Å². The molecule has 37 heavy (non-hydrogen) atoms. The number of rotatable bonds is 0. The summed E-state index contributed by atoms with van der Waals surface area (Å²) in [6.07, 6.45) is 35.3. The molecule has 3 unspecified atom stereocenters. The number of piperidine rings is 2. The summed E-state index contributed by atoms with van der Waals surface area (Å²) < 4.78 is 0.989. The molecule has 208 valence electrons. The van der Waals surface area contributed by atoms with Gasteiger partial charge >= 0.3 is 0 Å². The highest BCUT2D eigenvalue weighted by molar-refractivity contribution is 5.22. The van der Waals surface area contributed by atoms with Gasteiger partial charge in [0.15, 0.2) is 0 Å². The maximum Gasteiger partial charge on any atom is 0.115 e. The Morgan fingerprint density at radius 3 is 2.22 bits per heavy atom. The molecule has 3 spiro atoms. The molecule has 6 aliphatic heterocycles. The standard InChI is InChI=1S/C34H56N2O/c37-32-31-29-20-16-12-8-4-3-7-11-15-19-25-36(32)28-33(29)22-17-13-9-5-1-2-6-10-14-18-23-35-24-21-30(31)34(36,26-33)27-35/h6,10,16,20,29-32H,1-5,7-9,11-15,17-19,21-28H2/b10-6-,20-16+/t29-,30-,31+,32?,33-,34+,36?/m0/s1. The van der Waals surface area contributed by atoms with Crippen molar-refractivity contribution in [3.05, 3.63) is 24.3 Å². The molecule has 4 saturated heterocycles. The first kappa shape index (κ1) is 26.6. The van der Waals surface area contributed by atoms with E-state index in [4.69, 9.17) is 0 Å². The van der Waals surface area contributed by atoms with E-state index in [2.05, 4.69) is 29.2 Å². The molecule has 7 aliphatic rings. The summed E-state index contributed by atoms with van der Waals surface area (Å²) in [7, 11) is 0. The number of fused-ring (bicyclic) bond motifs is 1. The smallest absolute Gasteiger partial charge is 0.115 e. The predicted octanol–water partition coefficient (Wildman–Crippen LogP) is 6.97. The van der Waals surface area contributed by atoms with Crippen LogP contribution in [0.3, 0.4) is 0 Å². The van der Waals surface area contributed by atoms with Gasteiger partial charge < -0.3 is 9.59 Å². The second kappa shape index (κ2) is 11.5. The molecular weight excluding hydrogens is 452 g/mol. The highest BCUT2D eigenvalue weighted by Gasteiger charge is 2.80. The Bertz CT molecular complexity index is 823. The van der Waals surface area contributed by atoms with Crippen LogP contribution in [0, 0.1) is 23.2 Å². The first-order valence-electron chi connectivity index (χ1n) is 16.8. The van der Waals surface area contributed by atoms with Crippen molar-refractivity contribution in [2.75, 3.05) is 32.7 Å². The third-order valence-electron chi connectivity index (χ3n) is 12.3. The minimum absolute atomic E-state index is 0.264. The van der Waals surface area contributed by atoms with Gasteiger partial charge in [-0.3, -0.25) is 4.90 Å². The number of allylic oxidation sites excluding steroid dienone is 4. The van der Waals surface area contributed by atoms with E-state index < -0.39 is 0 Å². The van der Waals surface area contributed by atoms with Crippen LogP contribution >= 0.6 is 0 Å². The Balaban J connectivity index is 1.35. The third kappa shape index (κ3) is 4.71. The lowest BCUT2D eigenvalue weighted by Crippen LogP contribution is -2.71. The Kier molecular flexibility index (Phi) is 8.23. The Morgan fingerprint density at radius 2 is 1.41 bits per heavy atom. The molecule has 7 rings (SSSR count). The van der Waals surface area contributed by atoms with E-state index >= 15 is 0 Å². The van der Waals surface area contributed by atoms with Crippen molar-refractivity contribution in [3.63, 3.8) is 0 Å². The molecule has 0 aromatic carbocycles. The SMILES string of the molecule is [O-]C1[C@@H]2[C@@H]3/C=C/CCCCCCCCC[N+]14C[C@@]31CCCCCCC/C=C\CCCN3CC[C@@H]2[C@]4(C3)C1. The Hall–Kier alpha value is -0.640. The van der Waals surface area contributed by atoms with Crippen molar-refractivity contribution in [3.8, 4) is 0 Å². The summed E-state index contributed by atoms with van der Waals surface area (Å²) in [4.78, 5) is 2.83. The van der Waals surface area contributed by atoms with Crippen LogP contribution in [0.4, 0.5) is 0 Å². The molecule has 8 atom stereocenters. The fourth-order valence-corrected chi connectivity index (χ4v) is 10.9. The summed E-state index contributed by atoms with van der Waals surface area (Å²) in [5.74, 6) is 1.63. The molecule has 0 amide bonds. The average Bonchev–Trinajstić information content (AvgIpc) is 3.20. The van der Waals surface area contributed by atoms with Gasteiger partial charge in [-0.1, -0.05) is 75.7 Å². The van der Waals surface area contributed by atoms with Gasteiger partial charge in [0, 0.05) is 29.9 Å². The Morgan fingerprint density at radius 1 is 0.730 bits per heavy atom. The van der Waals surface area contributed by atoms with Crippen molar-refractivity contribution in [2.24, 2.45) is 23.2 Å². The molecule has 0 radical (unpaired) electrons. The van der Waals surface area contributed by atoms with Gasteiger partial charge in [-0.25, -0.2) is 0 Å². The fraction of sp³-hybridized carbons (Fsp3) is 0.882. The largest absolute Gasteiger partial charge is 0.806 e. The predicted molar refractivity (Wildman–Crippen MR) is 152 cm³/mol. The van der Waals surface area contributed by atoms with Gasteiger partial charge in [-0.15, -0.1) is 0 Å². The molecule has 0 N–H and O–H groups in total. The molecule has 6 heterocycles. The van der Waals surface area contributed by atoms with E-state index in [1.807, 2.05) is 0 Å². The fourth-order valence-electron chi connectivity index (χ4n) is 10.9. The number of hydrogen-bond acceptors (Lipinski definition) is 2. The second-order valence-corrected chi connectivity index (χ2v) is 14.3. The molecule has 1 saturated carbocycles. The molecular formula is C34H56N2O. The third-order valence-corrected chi connectivity index (χ3v) is 12.3. The molecule has 1 aliphatic carbocycles. The van der Waals surface area contributed by atoms with E-state index in [1.54, 1.807) is 0 Å². The van der Waals surface area contributed by atoms with Crippen molar-refractivity contribution in [1.82, 2.24) is 4.90 Å². The van der Waals surface area contributed by atoms with E-state index in [-0.39, 0.29) is 11.8 Å². The highest BCUT2D eigenvalue weighted by Crippen LogP contribution is 2.72. The summed E-state index contributed by atoms with van der Waals surface area (Å²) >= 11 is 0. The van der Waals surface area contributed by atoms with Crippen LogP contribution in [0.2, 0.25) is 0 Å². The van der Waals surface area contributed by atoms with Crippen LogP contribution < -0.4 is 5.11 Å². The lowest BCUT2D eigenvalue weighted by atomic mass is 9.52. The van der Waals surface area contributed by atoms with Crippen LogP contribution in [0.15, 0.2) is 24.3 Å². The first-order valence-corrected chi connectivity index (χ1v) is 16.8. The highest BCUT2D eigenvalue weighted by atomic mass is 16.3. The van der Waals surface area contributed by atoms with E-state index in [9.17, 15) is 5.11 Å². The minimum atomic E-state index is -0.367. The normalized spacial score (nSPS) is 49.3. The van der Waals surface area contributed by atoms with Crippen LogP contribution in [0.1, 0.15) is 122 Å². The maximum absolute atomic E-state index is 14.8. The molecule has 6 bridgehead atoms. The van der Waals surface area contributed by atoms with Crippen LogP contribution in [0.5, 0.6) is 0 Å². The van der Waals surface area contributed by atoms with E-state index in [0.29, 0.717) is 23.2 Å². The van der Waals surface area contributed by atoms with Gasteiger partial charge in [-0.2, -0.15) is 0 Å². The van der Waals surface area contributed by atoms with Gasteiger partial charge in [-0.05, 0) is 83.2 Å². The maximum atomic E-state index is 14.8. The lowest BCUT2D eigenvalue weighted by molar-refractivity contribution is -1.04. The lowest BCUT2D eigenvalue weighted by Gasteiger charge is -2.55. The summed E-state index contributed by atoms with van der Waals surface area (Å²) in [5.41, 5.74) is 0.665. The van der Waals surface area contributed by atoms with Gasteiger partial charge in [0.2, 0.25) is 0 Å². The van der Waals surface area contributed by atoms with Crippen molar-refractivity contribution < 1.29 is 9.59 Å². The minimum Gasteiger partial charge on any atom is -0.806 e. The van der Waals surface area contributed by atoms with E-state index in [0.717, 1.165) is 4.48 Å². The zero-order valence-electron chi connectivity index (χ0n) is 23.9. The second-order valence-electron chi connectivity index (χ2n) is 14.3. The monoisotopic (exact) mass is 508 g/mol. The molecule has 3 heteroatoms. The van der Waals surface area contributed by atoms with Crippen LogP contribution in [-0.4, -0.2) is 53.9 Å². The summed E-state index contributed by atoms with van der Waals surface area (Å²) in [5, 5.41) is 14.8. The van der Waals surface area contributed by atoms with Gasteiger partial charge in [0.25, 0.3) is 0 Å². The zero-order chi connectivity index (χ0) is 25.2. The summed E-state index contributed by atoms with van der Waals surface area (Å²) in [6.45, 7) is 6.12. The molecule has 3 nitrogen and oxygen atoms in total. The number of quaternary nitrogens is 1.